The van der Waals surface area contributed by atoms with Crippen molar-refractivity contribution in [3.8, 4) is 0 Å². The van der Waals surface area contributed by atoms with Crippen molar-refractivity contribution in [3.05, 3.63) is 0 Å². The molecule has 18 heteroatoms. The van der Waals surface area contributed by atoms with Gasteiger partial charge in [0.05, 0.1) is 6.61 Å². The summed E-state index contributed by atoms with van der Waals surface area (Å²) in [4.78, 5) is 49.2. The van der Waals surface area contributed by atoms with E-state index in [1.807, 2.05) is 0 Å². The van der Waals surface area contributed by atoms with E-state index in [0.29, 0.717) is 12.8 Å². The average Bonchev–Trinajstić information content (AvgIpc) is 3.15. The zero-order valence-electron chi connectivity index (χ0n) is 19.7. The molecule has 1 unspecified atom stereocenters. The number of halogens is 6. The Hall–Kier alpha value is -2.47. The standard InChI is InChI=1S/C20H25F6NO10S/c21-19(22,23)18(20(24,25)26,11-38(32,33)34)37-16(30)10-35-9-15(29)36-8-12-6-14(28)27(7-12)17(31)13-4-2-1-3-5-13/h12-13H,1-11H2,(H,32,33,34). The average molecular weight is 585 g/mol. The molecule has 2 amide bonds. The Bertz CT molecular complexity index is 993. The third-order valence-corrected chi connectivity index (χ3v) is 6.71. The van der Waals surface area contributed by atoms with Crippen molar-refractivity contribution >= 4 is 33.9 Å². The van der Waals surface area contributed by atoms with Crippen LogP contribution in [-0.4, -0.2) is 91.7 Å². The zero-order chi connectivity index (χ0) is 28.9. The fourth-order valence-corrected chi connectivity index (χ4v) is 5.00. The number of rotatable bonds is 10. The Labute approximate surface area is 212 Å². The first-order valence-corrected chi connectivity index (χ1v) is 12.9. The molecule has 1 aliphatic carbocycles. The maximum absolute atomic E-state index is 13.1. The maximum Gasteiger partial charge on any atom is 0.438 e. The molecule has 0 aromatic rings. The van der Waals surface area contributed by atoms with Crippen LogP contribution in [0.15, 0.2) is 0 Å². The Kier molecular flexibility index (Phi) is 10.1. The smallest absolute Gasteiger partial charge is 0.438 e. The van der Waals surface area contributed by atoms with E-state index >= 15 is 0 Å². The molecule has 2 fully saturated rings. The van der Waals surface area contributed by atoms with E-state index in [-0.39, 0.29) is 31.4 Å². The van der Waals surface area contributed by atoms with Gasteiger partial charge >= 0.3 is 29.9 Å². The minimum absolute atomic E-state index is 0.000633. The van der Waals surface area contributed by atoms with Gasteiger partial charge in [-0.2, -0.15) is 34.8 Å². The number of carbonyl (C=O) groups excluding carboxylic acids is 4. The molecule has 11 nitrogen and oxygen atoms in total. The van der Waals surface area contributed by atoms with Gasteiger partial charge in [0.25, 0.3) is 10.1 Å². The first-order valence-electron chi connectivity index (χ1n) is 11.2. The van der Waals surface area contributed by atoms with Gasteiger partial charge in [-0.25, -0.2) is 9.59 Å². The van der Waals surface area contributed by atoms with Crippen LogP contribution in [0.1, 0.15) is 38.5 Å². The number of imide groups is 1. The van der Waals surface area contributed by atoms with Gasteiger partial charge in [0.15, 0.2) is 0 Å². The molecule has 1 saturated heterocycles. The van der Waals surface area contributed by atoms with Gasteiger partial charge in [-0.1, -0.05) is 19.3 Å². The monoisotopic (exact) mass is 585 g/mol. The Morgan fingerprint density at radius 1 is 0.947 bits per heavy atom. The number of likely N-dealkylation sites (tertiary alicyclic amines) is 1. The fourth-order valence-electron chi connectivity index (χ4n) is 4.10. The molecule has 0 aromatic carbocycles. The van der Waals surface area contributed by atoms with Crippen molar-refractivity contribution in [2.45, 2.75) is 56.5 Å². The first kappa shape index (κ1) is 31.7. The fraction of sp³-hybridized carbons (Fsp3) is 0.800. The van der Waals surface area contributed by atoms with Gasteiger partial charge < -0.3 is 14.2 Å². The number of ether oxygens (including phenoxy) is 3. The van der Waals surface area contributed by atoms with Gasteiger partial charge in [-0.3, -0.25) is 19.0 Å². The summed E-state index contributed by atoms with van der Waals surface area (Å²) in [5.41, 5.74) is -5.59. The molecule has 1 N–H and O–H groups in total. The van der Waals surface area contributed by atoms with Crippen LogP contribution in [0.3, 0.4) is 0 Å². The first-order chi connectivity index (χ1) is 17.4. The third kappa shape index (κ3) is 8.26. The van der Waals surface area contributed by atoms with Crippen molar-refractivity contribution in [1.82, 2.24) is 4.90 Å². The molecule has 2 aliphatic rings. The lowest BCUT2D eigenvalue weighted by molar-refractivity contribution is -0.361. The lowest BCUT2D eigenvalue weighted by Crippen LogP contribution is -2.63. The summed E-state index contributed by atoms with van der Waals surface area (Å²) in [6.45, 7) is -3.12. The molecule has 0 spiro atoms. The van der Waals surface area contributed by atoms with Crippen molar-refractivity contribution in [1.29, 1.82) is 0 Å². The van der Waals surface area contributed by atoms with E-state index in [2.05, 4.69) is 9.47 Å². The molecule has 1 saturated carbocycles. The molecule has 0 radical (unpaired) electrons. The Morgan fingerprint density at radius 3 is 2.03 bits per heavy atom. The van der Waals surface area contributed by atoms with Gasteiger partial charge in [0.2, 0.25) is 11.8 Å². The van der Waals surface area contributed by atoms with Gasteiger partial charge in [0, 0.05) is 24.8 Å². The largest absolute Gasteiger partial charge is 0.464 e. The van der Waals surface area contributed by atoms with Crippen LogP contribution < -0.4 is 0 Å². The molecule has 38 heavy (non-hydrogen) atoms. The predicted molar refractivity (Wildman–Crippen MR) is 111 cm³/mol. The Balaban J connectivity index is 1.84. The van der Waals surface area contributed by atoms with E-state index in [1.54, 1.807) is 0 Å². The quantitative estimate of drug-likeness (QED) is 0.174. The van der Waals surface area contributed by atoms with E-state index < -0.39 is 70.8 Å². The number of carbonyl (C=O) groups is 4. The van der Waals surface area contributed by atoms with Gasteiger partial charge in [-0.15, -0.1) is 0 Å². The second-order valence-corrected chi connectivity index (χ2v) is 10.4. The van der Waals surface area contributed by atoms with E-state index in [1.165, 1.54) is 0 Å². The lowest BCUT2D eigenvalue weighted by Gasteiger charge is -2.35. The van der Waals surface area contributed by atoms with Crippen molar-refractivity contribution in [2.75, 3.05) is 32.1 Å². The van der Waals surface area contributed by atoms with Crippen LogP contribution in [0.4, 0.5) is 26.3 Å². The zero-order valence-corrected chi connectivity index (χ0v) is 20.5. The SMILES string of the molecule is O=C(COCC(=O)OC(CS(=O)(=O)O)(C(F)(F)F)C(F)(F)F)OCC1CC(=O)N(C(=O)C2CCCCC2)C1. The minimum Gasteiger partial charge on any atom is -0.464 e. The number of nitrogens with zero attached hydrogens (tertiary/aromatic N) is 1. The number of amides is 2. The second-order valence-electron chi connectivity index (χ2n) is 8.95. The van der Waals surface area contributed by atoms with Crippen LogP contribution in [0.2, 0.25) is 0 Å². The molecule has 1 heterocycles. The summed E-state index contributed by atoms with van der Waals surface area (Å²) in [5, 5.41) is 0. The highest BCUT2D eigenvalue weighted by Gasteiger charge is 2.75. The van der Waals surface area contributed by atoms with Gasteiger partial charge in [0.1, 0.15) is 19.0 Å². The molecular formula is C20H25F6NO10S. The molecule has 0 bridgehead atoms. The summed E-state index contributed by atoms with van der Waals surface area (Å²) >= 11 is 0. The van der Waals surface area contributed by atoms with E-state index in [9.17, 15) is 53.9 Å². The van der Waals surface area contributed by atoms with Crippen LogP contribution in [0.5, 0.6) is 0 Å². The summed E-state index contributed by atoms with van der Waals surface area (Å²) in [7, 11) is -5.94. The Morgan fingerprint density at radius 2 is 1.50 bits per heavy atom. The molecular weight excluding hydrogens is 560 g/mol. The number of esters is 2. The topological polar surface area (TPSA) is 154 Å². The van der Waals surface area contributed by atoms with Crippen molar-refractivity contribution in [3.63, 3.8) is 0 Å². The van der Waals surface area contributed by atoms with Crippen molar-refractivity contribution in [2.24, 2.45) is 11.8 Å². The predicted octanol–water partition coefficient (Wildman–Crippen LogP) is 1.80. The van der Waals surface area contributed by atoms with Crippen LogP contribution in [0, 0.1) is 11.8 Å². The minimum atomic E-state index is -6.50. The molecule has 218 valence electrons. The highest BCUT2D eigenvalue weighted by molar-refractivity contribution is 7.85. The van der Waals surface area contributed by atoms with Crippen LogP contribution in [0.25, 0.3) is 0 Å². The van der Waals surface area contributed by atoms with E-state index in [0.717, 1.165) is 24.2 Å². The van der Waals surface area contributed by atoms with Crippen LogP contribution in [-0.2, 0) is 43.5 Å². The summed E-state index contributed by atoms with van der Waals surface area (Å²) in [5.74, 6) is -8.14. The normalized spacial score (nSPS) is 19.9. The maximum atomic E-state index is 13.1. The van der Waals surface area contributed by atoms with E-state index in [4.69, 9.17) is 9.29 Å². The third-order valence-electron chi connectivity index (χ3n) is 5.93. The highest BCUT2D eigenvalue weighted by atomic mass is 32.2. The van der Waals surface area contributed by atoms with Crippen molar-refractivity contribution < 1.29 is 72.7 Å². The number of hydrogen-bond acceptors (Lipinski definition) is 9. The van der Waals surface area contributed by atoms with Crippen LogP contribution >= 0.6 is 0 Å². The molecule has 2 rings (SSSR count). The highest BCUT2D eigenvalue weighted by Crippen LogP contribution is 2.46. The van der Waals surface area contributed by atoms with Gasteiger partial charge in [-0.05, 0) is 12.8 Å². The number of hydrogen-bond donors (Lipinski definition) is 1. The summed E-state index contributed by atoms with van der Waals surface area (Å²) < 4.78 is 122. The summed E-state index contributed by atoms with van der Waals surface area (Å²) in [6.07, 6.45) is -8.99. The molecule has 0 aromatic heterocycles. The molecule has 1 aliphatic heterocycles. The lowest BCUT2D eigenvalue weighted by atomic mass is 9.88. The second kappa shape index (κ2) is 12.1. The number of alkyl halides is 6. The molecule has 1 atom stereocenters. The summed E-state index contributed by atoms with van der Waals surface area (Å²) in [6, 6.07) is 0.